The van der Waals surface area contributed by atoms with Crippen molar-refractivity contribution in [1.82, 2.24) is 0 Å². The van der Waals surface area contributed by atoms with Crippen molar-refractivity contribution in [3.8, 4) is 0 Å². The van der Waals surface area contributed by atoms with Crippen molar-refractivity contribution in [3.63, 3.8) is 0 Å². The quantitative estimate of drug-likeness (QED) is 0.716. The Balaban J connectivity index is 2.31. The van der Waals surface area contributed by atoms with E-state index in [4.69, 9.17) is 4.74 Å². The summed E-state index contributed by atoms with van der Waals surface area (Å²) in [5.41, 5.74) is -0.378. The zero-order valence-electron chi connectivity index (χ0n) is 15.3. The minimum Gasteiger partial charge on any atom is -0.361 e. The third kappa shape index (κ3) is 2.93. The molecule has 0 aromatic carbocycles. The van der Waals surface area contributed by atoms with Gasteiger partial charge in [-0.05, 0) is 48.9 Å². The van der Waals surface area contributed by atoms with E-state index in [1.54, 1.807) is 0 Å². The van der Waals surface area contributed by atoms with Crippen molar-refractivity contribution in [2.75, 3.05) is 0 Å². The molecule has 0 aromatic heterocycles. The van der Waals surface area contributed by atoms with Crippen LogP contribution in [0.4, 0.5) is 0 Å². The third-order valence-corrected chi connectivity index (χ3v) is 6.21. The highest BCUT2D eigenvalue weighted by atomic mass is 16.5. The van der Waals surface area contributed by atoms with Crippen LogP contribution in [0.2, 0.25) is 0 Å². The molecular weight excluding hydrogens is 260 g/mol. The molecule has 1 saturated heterocycles. The van der Waals surface area contributed by atoms with Gasteiger partial charge in [-0.2, -0.15) is 0 Å². The summed E-state index contributed by atoms with van der Waals surface area (Å²) in [6.07, 6.45) is 3.45. The molecule has 2 rings (SSSR count). The van der Waals surface area contributed by atoms with Crippen LogP contribution in [0.3, 0.4) is 0 Å². The van der Waals surface area contributed by atoms with Gasteiger partial charge in [0.05, 0.1) is 5.60 Å². The fraction of sp³-hybridized carbons (Fsp3) is 0.947. The Labute approximate surface area is 131 Å². The minimum atomic E-state index is -0.569. The Morgan fingerprint density at radius 3 is 2.00 bits per heavy atom. The maximum atomic E-state index is 12.7. The largest absolute Gasteiger partial charge is 0.361 e. The lowest BCUT2D eigenvalue weighted by Gasteiger charge is -2.55. The van der Waals surface area contributed by atoms with Gasteiger partial charge in [-0.25, -0.2) is 0 Å². The topological polar surface area (TPSA) is 26.3 Å². The molecule has 1 saturated carbocycles. The highest BCUT2D eigenvalue weighted by molar-refractivity contribution is 5.89. The second-order valence-electron chi connectivity index (χ2n) is 9.77. The van der Waals surface area contributed by atoms with Gasteiger partial charge >= 0.3 is 0 Å². The molecule has 21 heavy (non-hydrogen) atoms. The van der Waals surface area contributed by atoms with Crippen LogP contribution in [-0.4, -0.2) is 17.0 Å². The molecule has 2 heteroatoms. The molecule has 122 valence electrons. The lowest BCUT2D eigenvalue weighted by Crippen LogP contribution is -2.52. The molecule has 2 nitrogen and oxygen atoms in total. The molecule has 0 amide bonds. The van der Waals surface area contributed by atoms with E-state index < -0.39 is 5.60 Å². The number of carbonyl (C=O) groups excluding carboxylic acids is 1. The Hall–Kier alpha value is -0.370. The second-order valence-corrected chi connectivity index (χ2v) is 9.77. The van der Waals surface area contributed by atoms with Crippen LogP contribution in [0.5, 0.6) is 0 Å². The molecule has 0 bridgehead atoms. The van der Waals surface area contributed by atoms with Gasteiger partial charge in [-0.3, -0.25) is 4.79 Å². The first kappa shape index (κ1) is 17.0. The van der Waals surface area contributed by atoms with Gasteiger partial charge in [0.2, 0.25) is 0 Å². The van der Waals surface area contributed by atoms with Crippen LogP contribution in [0.1, 0.15) is 81.1 Å². The SMILES string of the molecule is CC(C)CC1(C)OC2(CC1=O)CC(C)(C)C(C)C(C)(C)C2. The summed E-state index contributed by atoms with van der Waals surface area (Å²) in [5.74, 6) is 1.43. The maximum Gasteiger partial charge on any atom is 0.167 e. The fourth-order valence-electron chi connectivity index (χ4n) is 5.27. The van der Waals surface area contributed by atoms with Crippen LogP contribution in [0.15, 0.2) is 0 Å². The van der Waals surface area contributed by atoms with E-state index in [-0.39, 0.29) is 16.4 Å². The van der Waals surface area contributed by atoms with Gasteiger partial charge in [-0.15, -0.1) is 0 Å². The van der Waals surface area contributed by atoms with Gasteiger partial charge in [0, 0.05) is 6.42 Å². The zero-order chi connectivity index (χ0) is 16.3. The van der Waals surface area contributed by atoms with Crippen LogP contribution in [-0.2, 0) is 9.53 Å². The van der Waals surface area contributed by atoms with Crippen molar-refractivity contribution < 1.29 is 9.53 Å². The lowest BCUT2D eigenvalue weighted by molar-refractivity contribution is -0.178. The number of Topliss-reactive ketones (excluding diaryl/α,β-unsaturated/α-hetero) is 1. The Bertz CT molecular complexity index is 415. The maximum absolute atomic E-state index is 12.7. The molecule has 1 aliphatic heterocycles. The van der Waals surface area contributed by atoms with Crippen molar-refractivity contribution in [3.05, 3.63) is 0 Å². The summed E-state index contributed by atoms with van der Waals surface area (Å²) in [6.45, 7) is 18.1. The van der Waals surface area contributed by atoms with Gasteiger partial charge in [0.25, 0.3) is 0 Å². The standard InChI is InChI=1S/C19H34O2/c1-13(2)9-18(8)15(20)10-19(21-18)11-16(4,5)14(3)17(6,7)12-19/h13-14H,9-12H2,1-8H3. The second kappa shape index (κ2) is 4.81. The first-order valence-electron chi connectivity index (χ1n) is 8.55. The number of carbonyl (C=O) groups is 1. The number of hydrogen-bond acceptors (Lipinski definition) is 2. The lowest BCUT2D eigenvalue weighted by atomic mass is 9.53. The minimum absolute atomic E-state index is 0.213. The number of hydrogen-bond donors (Lipinski definition) is 0. The highest BCUT2D eigenvalue weighted by Crippen LogP contribution is 2.59. The van der Waals surface area contributed by atoms with Gasteiger partial charge in [0.1, 0.15) is 5.60 Å². The van der Waals surface area contributed by atoms with E-state index in [1.807, 2.05) is 6.92 Å². The normalized spacial score (nSPS) is 34.8. The number of ether oxygens (including phenoxy) is 1. The first-order chi connectivity index (χ1) is 9.32. The van der Waals surface area contributed by atoms with Crippen molar-refractivity contribution in [2.24, 2.45) is 22.7 Å². The van der Waals surface area contributed by atoms with Gasteiger partial charge < -0.3 is 4.74 Å². The molecule has 0 N–H and O–H groups in total. The summed E-state index contributed by atoms with van der Waals surface area (Å²) >= 11 is 0. The first-order valence-corrected chi connectivity index (χ1v) is 8.55. The van der Waals surface area contributed by atoms with Crippen LogP contribution >= 0.6 is 0 Å². The van der Waals surface area contributed by atoms with E-state index in [0.717, 1.165) is 19.3 Å². The molecule has 1 aliphatic carbocycles. The van der Waals surface area contributed by atoms with E-state index >= 15 is 0 Å². The van der Waals surface area contributed by atoms with E-state index in [1.165, 1.54) is 0 Å². The van der Waals surface area contributed by atoms with Crippen molar-refractivity contribution in [2.45, 2.75) is 92.3 Å². The monoisotopic (exact) mass is 294 g/mol. The smallest absolute Gasteiger partial charge is 0.167 e. The fourth-order valence-corrected chi connectivity index (χ4v) is 5.27. The number of rotatable bonds is 2. The highest BCUT2D eigenvalue weighted by Gasteiger charge is 2.60. The molecule has 1 unspecified atom stereocenters. The molecule has 0 radical (unpaired) electrons. The average Bonchev–Trinajstić information content (AvgIpc) is 2.43. The molecule has 1 spiro atoms. The van der Waals surface area contributed by atoms with Crippen LogP contribution < -0.4 is 0 Å². The van der Waals surface area contributed by atoms with E-state index in [0.29, 0.717) is 24.0 Å². The summed E-state index contributed by atoms with van der Waals surface area (Å²) in [7, 11) is 0. The summed E-state index contributed by atoms with van der Waals surface area (Å²) < 4.78 is 6.57. The average molecular weight is 294 g/mol. The number of ketones is 1. The van der Waals surface area contributed by atoms with Gasteiger partial charge in [-0.1, -0.05) is 48.5 Å². The zero-order valence-corrected chi connectivity index (χ0v) is 15.3. The van der Waals surface area contributed by atoms with E-state index in [2.05, 4.69) is 48.5 Å². The Kier molecular flexibility index (Phi) is 3.89. The molecule has 1 heterocycles. The summed E-state index contributed by atoms with van der Waals surface area (Å²) in [5, 5.41) is 0. The van der Waals surface area contributed by atoms with Gasteiger partial charge in [0.15, 0.2) is 5.78 Å². The molecular formula is C19H34O2. The third-order valence-electron chi connectivity index (χ3n) is 6.21. The molecule has 2 fully saturated rings. The molecule has 2 aliphatic rings. The molecule has 0 aromatic rings. The van der Waals surface area contributed by atoms with E-state index in [9.17, 15) is 4.79 Å². The van der Waals surface area contributed by atoms with Crippen LogP contribution in [0.25, 0.3) is 0 Å². The Morgan fingerprint density at radius 1 is 1.10 bits per heavy atom. The summed E-state index contributed by atoms with van der Waals surface area (Å²) in [4.78, 5) is 12.7. The predicted octanol–water partition coefficient (Wildman–Crippen LogP) is 5.00. The Morgan fingerprint density at radius 2 is 1.57 bits per heavy atom. The van der Waals surface area contributed by atoms with Crippen LogP contribution in [0, 0.1) is 22.7 Å². The van der Waals surface area contributed by atoms with Crippen molar-refractivity contribution in [1.29, 1.82) is 0 Å². The summed E-state index contributed by atoms with van der Waals surface area (Å²) in [6, 6.07) is 0. The van der Waals surface area contributed by atoms with Crippen molar-refractivity contribution >= 4 is 5.78 Å². The molecule has 1 atom stereocenters. The predicted molar refractivity (Wildman–Crippen MR) is 87.3 cm³/mol.